The van der Waals surface area contributed by atoms with Gasteiger partial charge in [-0.25, -0.2) is 4.98 Å². The van der Waals surface area contributed by atoms with Gasteiger partial charge in [0.05, 0.1) is 11.0 Å². The summed E-state index contributed by atoms with van der Waals surface area (Å²) < 4.78 is 13.1. The van der Waals surface area contributed by atoms with Crippen LogP contribution in [0.25, 0.3) is 11.0 Å². The number of hydrogen-bond acceptors (Lipinski definition) is 5. The average molecular weight is 444 g/mol. The highest BCUT2D eigenvalue weighted by atomic mass is 16.5. The fourth-order valence-corrected chi connectivity index (χ4v) is 3.30. The molecule has 0 aliphatic carbocycles. The number of hydrazine groups is 1. The van der Waals surface area contributed by atoms with Crippen molar-refractivity contribution in [3.8, 4) is 11.5 Å². The van der Waals surface area contributed by atoms with E-state index in [1.165, 1.54) is 0 Å². The second kappa shape index (κ2) is 10.3. The molecule has 0 radical (unpaired) electrons. The minimum atomic E-state index is -0.467. The van der Waals surface area contributed by atoms with Gasteiger partial charge in [0.25, 0.3) is 11.8 Å². The van der Waals surface area contributed by atoms with Crippen LogP contribution in [-0.2, 0) is 22.7 Å². The normalized spacial score (nSPS) is 10.6. The molecule has 168 valence electrons. The zero-order valence-electron chi connectivity index (χ0n) is 18.2. The highest BCUT2D eigenvalue weighted by Crippen LogP contribution is 2.20. The maximum absolute atomic E-state index is 12.6. The number of hydrogen-bond donors (Lipinski definition) is 2. The number of fused-ring (bicyclic) bond motifs is 1. The number of amides is 2. The minimum absolute atomic E-state index is 0.0349. The molecule has 0 saturated carbocycles. The summed E-state index contributed by atoms with van der Waals surface area (Å²) in [7, 11) is 0. The lowest BCUT2D eigenvalue weighted by molar-refractivity contribution is -0.130. The zero-order chi connectivity index (χ0) is 23.0. The Morgan fingerprint density at radius 3 is 2.36 bits per heavy atom. The highest BCUT2D eigenvalue weighted by molar-refractivity contribution is 5.84. The monoisotopic (exact) mass is 444 g/mol. The molecule has 4 aromatic rings. The Morgan fingerprint density at radius 1 is 0.848 bits per heavy atom. The molecule has 1 heterocycles. The van der Waals surface area contributed by atoms with Crippen molar-refractivity contribution in [3.05, 3.63) is 90.3 Å². The summed E-state index contributed by atoms with van der Waals surface area (Å²) in [5, 5.41) is 0. The van der Waals surface area contributed by atoms with Gasteiger partial charge in [-0.15, -0.1) is 0 Å². The second-order valence-electron chi connectivity index (χ2n) is 7.36. The fourth-order valence-electron chi connectivity index (χ4n) is 3.30. The molecule has 0 fully saturated rings. The van der Waals surface area contributed by atoms with Crippen LogP contribution in [0.2, 0.25) is 0 Å². The molecule has 2 amide bonds. The molecule has 4 rings (SSSR count). The Bertz CT molecular complexity index is 1250. The van der Waals surface area contributed by atoms with Gasteiger partial charge in [0.1, 0.15) is 30.5 Å². The predicted molar refractivity (Wildman–Crippen MR) is 123 cm³/mol. The maximum Gasteiger partial charge on any atom is 0.276 e. The molecule has 0 bridgehead atoms. The van der Waals surface area contributed by atoms with Gasteiger partial charge in [-0.05, 0) is 42.8 Å². The van der Waals surface area contributed by atoms with Crippen molar-refractivity contribution in [1.29, 1.82) is 0 Å². The number of ether oxygens (including phenoxy) is 2. The van der Waals surface area contributed by atoms with Gasteiger partial charge in [-0.2, -0.15) is 0 Å². The van der Waals surface area contributed by atoms with E-state index in [0.29, 0.717) is 11.6 Å². The summed E-state index contributed by atoms with van der Waals surface area (Å²) in [5.74, 6) is 1.07. The van der Waals surface area contributed by atoms with E-state index in [4.69, 9.17) is 9.47 Å². The van der Waals surface area contributed by atoms with Gasteiger partial charge in [0, 0.05) is 0 Å². The fraction of sp³-hybridized carbons (Fsp3) is 0.160. The van der Waals surface area contributed by atoms with E-state index in [9.17, 15) is 9.59 Å². The van der Waals surface area contributed by atoms with E-state index in [1.54, 1.807) is 16.7 Å². The predicted octanol–water partition coefficient (Wildman–Crippen LogP) is 3.15. The number of aryl methyl sites for hydroxylation is 1. The van der Waals surface area contributed by atoms with Crippen LogP contribution >= 0.6 is 0 Å². The summed E-state index contributed by atoms with van der Waals surface area (Å²) in [6, 6.07) is 24.2. The average Bonchev–Trinajstić information content (AvgIpc) is 3.19. The van der Waals surface area contributed by atoms with Crippen LogP contribution in [-0.4, -0.2) is 28.0 Å². The molecule has 33 heavy (non-hydrogen) atoms. The first-order valence-corrected chi connectivity index (χ1v) is 10.5. The first-order chi connectivity index (χ1) is 16.1. The van der Waals surface area contributed by atoms with Crippen LogP contribution in [0.5, 0.6) is 11.5 Å². The van der Waals surface area contributed by atoms with Crippen LogP contribution in [0, 0.1) is 6.92 Å². The number of aromatic nitrogens is 2. The lowest BCUT2D eigenvalue weighted by Gasteiger charge is -2.12. The van der Waals surface area contributed by atoms with Gasteiger partial charge in [-0.1, -0.05) is 48.5 Å². The summed E-state index contributed by atoms with van der Waals surface area (Å²) in [5.41, 5.74) is 7.36. The lowest BCUT2D eigenvalue weighted by Crippen LogP contribution is -2.45. The van der Waals surface area contributed by atoms with E-state index in [1.807, 2.05) is 73.7 Å². The van der Waals surface area contributed by atoms with Gasteiger partial charge in [-0.3, -0.25) is 20.4 Å². The zero-order valence-corrected chi connectivity index (χ0v) is 18.2. The first-order valence-electron chi connectivity index (χ1n) is 10.5. The van der Waals surface area contributed by atoms with Gasteiger partial charge >= 0.3 is 0 Å². The number of carbonyl (C=O) groups excluding carboxylic acids is 2. The lowest BCUT2D eigenvalue weighted by atomic mass is 10.2. The van der Waals surface area contributed by atoms with Crippen molar-refractivity contribution in [1.82, 2.24) is 20.4 Å². The standard InChI is InChI=1S/C25H24N4O4/c1-18-9-5-8-14-22(18)33-16-23-26-20-12-6-7-13-21(20)29(23)15-24(30)27-28-25(31)17-32-19-10-3-2-4-11-19/h2-14H,15-17H2,1H3,(H,27,30)(H,28,31). The molecule has 0 unspecified atom stereocenters. The number of benzene rings is 3. The van der Waals surface area contributed by atoms with Crippen LogP contribution in [0.3, 0.4) is 0 Å². The summed E-state index contributed by atoms with van der Waals surface area (Å²) in [4.78, 5) is 29.2. The number of imidazole rings is 1. The summed E-state index contributed by atoms with van der Waals surface area (Å²) in [6.45, 7) is 1.92. The maximum atomic E-state index is 12.6. The molecule has 1 aromatic heterocycles. The van der Waals surface area contributed by atoms with Gasteiger partial charge in [0.2, 0.25) is 0 Å². The third kappa shape index (κ3) is 5.68. The molecule has 0 aliphatic heterocycles. The second-order valence-corrected chi connectivity index (χ2v) is 7.36. The van der Waals surface area contributed by atoms with Crippen molar-refractivity contribution in [2.45, 2.75) is 20.1 Å². The molecule has 2 N–H and O–H groups in total. The minimum Gasteiger partial charge on any atom is -0.485 e. The topological polar surface area (TPSA) is 94.5 Å². The third-order valence-corrected chi connectivity index (χ3v) is 4.94. The third-order valence-electron chi connectivity index (χ3n) is 4.94. The van der Waals surface area contributed by atoms with Crippen LogP contribution in [0.15, 0.2) is 78.9 Å². The van der Waals surface area contributed by atoms with Crippen molar-refractivity contribution in [2.24, 2.45) is 0 Å². The SMILES string of the molecule is Cc1ccccc1OCc1nc2ccccc2n1CC(=O)NNC(=O)COc1ccccc1. The van der Waals surface area contributed by atoms with Crippen LogP contribution < -0.4 is 20.3 Å². The number of rotatable bonds is 8. The van der Waals surface area contributed by atoms with Crippen molar-refractivity contribution in [3.63, 3.8) is 0 Å². The largest absolute Gasteiger partial charge is 0.485 e. The van der Waals surface area contributed by atoms with Crippen LogP contribution in [0.4, 0.5) is 0 Å². The van der Waals surface area contributed by atoms with Crippen LogP contribution in [0.1, 0.15) is 11.4 Å². The smallest absolute Gasteiger partial charge is 0.276 e. The Morgan fingerprint density at radius 2 is 1.55 bits per heavy atom. The van der Waals surface area contributed by atoms with Crippen molar-refractivity contribution < 1.29 is 19.1 Å². The van der Waals surface area contributed by atoms with E-state index < -0.39 is 11.8 Å². The number of carbonyl (C=O) groups is 2. The Balaban J connectivity index is 1.38. The first kappa shape index (κ1) is 21.9. The molecular weight excluding hydrogens is 420 g/mol. The Labute approximate surface area is 191 Å². The Kier molecular flexibility index (Phi) is 6.84. The molecule has 0 aliphatic rings. The Hall–Kier alpha value is -4.33. The molecule has 3 aromatic carbocycles. The molecule has 8 heteroatoms. The van der Waals surface area contributed by atoms with Crippen molar-refractivity contribution in [2.75, 3.05) is 6.61 Å². The number of nitrogens with one attached hydrogen (secondary N) is 2. The van der Waals surface area contributed by atoms with Crippen molar-refractivity contribution >= 4 is 22.8 Å². The molecule has 0 spiro atoms. The molecular formula is C25H24N4O4. The quantitative estimate of drug-likeness (QED) is 0.407. The van der Waals surface area contributed by atoms with E-state index >= 15 is 0 Å². The molecule has 0 atom stereocenters. The van der Waals surface area contributed by atoms with Gasteiger partial charge < -0.3 is 14.0 Å². The number of nitrogens with zero attached hydrogens (tertiary/aromatic N) is 2. The summed E-state index contributed by atoms with van der Waals surface area (Å²) in [6.07, 6.45) is 0. The molecule has 8 nitrogen and oxygen atoms in total. The van der Waals surface area contributed by atoms with Gasteiger partial charge in [0.15, 0.2) is 6.61 Å². The number of para-hydroxylation sites is 4. The molecule has 0 saturated heterocycles. The van der Waals surface area contributed by atoms with E-state index in [2.05, 4.69) is 15.8 Å². The van der Waals surface area contributed by atoms with E-state index in [0.717, 1.165) is 22.3 Å². The summed E-state index contributed by atoms with van der Waals surface area (Å²) >= 11 is 0. The highest BCUT2D eigenvalue weighted by Gasteiger charge is 2.15. The van der Waals surface area contributed by atoms with E-state index in [-0.39, 0.29) is 19.8 Å².